The van der Waals surface area contributed by atoms with Crippen molar-refractivity contribution < 1.29 is 23.9 Å². The quantitative estimate of drug-likeness (QED) is 0.528. The van der Waals surface area contributed by atoms with Crippen molar-refractivity contribution in [1.29, 1.82) is 0 Å². The van der Waals surface area contributed by atoms with E-state index in [4.69, 9.17) is 9.47 Å². The maximum Gasteiger partial charge on any atom is 0.513 e. The van der Waals surface area contributed by atoms with Gasteiger partial charge in [0, 0.05) is 31.3 Å². The Balaban J connectivity index is 1.45. The van der Waals surface area contributed by atoms with Crippen molar-refractivity contribution >= 4 is 18.0 Å². The first-order valence-corrected chi connectivity index (χ1v) is 10.0. The minimum atomic E-state index is -0.785. The maximum absolute atomic E-state index is 12.7. The zero-order valence-corrected chi connectivity index (χ0v) is 17.1. The predicted molar refractivity (Wildman–Crippen MR) is 110 cm³/mol. The summed E-state index contributed by atoms with van der Waals surface area (Å²) in [5.74, 6) is 0.111. The van der Waals surface area contributed by atoms with Gasteiger partial charge in [0.25, 0.3) is 17.4 Å². The molecule has 0 aliphatic carbocycles. The number of likely N-dealkylation sites (tertiary alicyclic amines) is 1. The second-order valence-electron chi connectivity index (χ2n) is 7.06. The molecule has 1 fully saturated rings. The van der Waals surface area contributed by atoms with Crippen LogP contribution in [-0.2, 0) is 4.74 Å². The Bertz CT molecular complexity index is 960. The first kappa shape index (κ1) is 22.0. The highest BCUT2D eigenvalue weighted by Crippen LogP contribution is 2.20. The van der Waals surface area contributed by atoms with Gasteiger partial charge in [-0.05, 0) is 56.0 Å². The third kappa shape index (κ3) is 6.14. The summed E-state index contributed by atoms with van der Waals surface area (Å²) in [5, 5.41) is 8.75. The van der Waals surface area contributed by atoms with E-state index in [1.54, 1.807) is 36.1 Å². The zero-order valence-electron chi connectivity index (χ0n) is 17.1. The maximum atomic E-state index is 12.7. The molecular weight excluding hydrogens is 404 g/mol. The SMILES string of the molecule is CCOC(=O)Oc1ccc(C(=O)N2CCC(CNC(=O)c3ccc(=O)[nH]n3)CC2)cc1. The summed E-state index contributed by atoms with van der Waals surface area (Å²) < 4.78 is 9.70. The standard InChI is InChI=1S/C21H24N4O6/c1-2-30-21(29)31-16-5-3-15(4-6-16)20(28)25-11-9-14(10-12-25)13-22-19(27)17-7-8-18(26)24-23-17/h3-8,14H,2,9-13H2,1H3,(H,22,27)(H,24,26). The van der Waals surface area contributed by atoms with Gasteiger partial charge in [-0.2, -0.15) is 5.10 Å². The van der Waals surface area contributed by atoms with E-state index < -0.39 is 6.16 Å². The summed E-state index contributed by atoms with van der Waals surface area (Å²) in [6.45, 7) is 3.54. The molecule has 0 spiro atoms. The molecule has 0 unspecified atom stereocenters. The van der Waals surface area contributed by atoms with Gasteiger partial charge in [0.05, 0.1) is 6.61 Å². The number of piperidine rings is 1. The lowest BCUT2D eigenvalue weighted by Gasteiger charge is -2.32. The number of aromatic nitrogens is 2. The molecule has 0 bridgehead atoms. The fourth-order valence-corrected chi connectivity index (χ4v) is 3.23. The Labute approximate surface area is 178 Å². The van der Waals surface area contributed by atoms with Crippen molar-refractivity contribution in [2.24, 2.45) is 5.92 Å². The Morgan fingerprint density at radius 2 is 1.84 bits per heavy atom. The molecule has 2 aromatic rings. The summed E-state index contributed by atoms with van der Waals surface area (Å²) in [5.41, 5.74) is 0.296. The van der Waals surface area contributed by atoms with Crippen LogP contribution in [0.4, 0.5) is 4.79 Å². The molecule has 2 heterocycles. The number of nitrogens with one attached hydrogen (secondary N) is 2. The minimum absolute atomic E-state index is 0.0948. The van der Waals surface area contributed by atoms with E-state index >= 15 is 0 Å². The van der Waals surface area contributed by atoms with Crippen molar-refractivity contribution in [2.45, 2.75) is 19.8 Å². The van der Waals surface area contributed by atoms with E-state index in [0.717, 1.165) is 12.8 Å². The van der Waals surface area contributed by atoms with Gasteiger partial charge in [-0.25, -0.2) is 9.89 Å². The van der Waals surface area contributed by atoms with Gasteiger partial charge in [-0.1, -0.05) is 0 Å². The lowest BCUT2D eigenvalue weighted by molar-refractivity contribution is 0.0684. The van der Waals surface area contributed by atoms with Gasteiger partial charge < -0.3 is 19.7 Å². The Kier molecular flexibility index (Phi) is 7.36. The van der Waals surface area contributed by atoms with Gasteiger partial charge >= 0.3 is 6.16 Å². The number of carbonyl (C=O) groups excluding carboxylic acids is 3. The number of H-pyrrole nitrogens is 1. The van der Waals surface area contributed by atoms with Crippen LogP contribution in [0.3, 0.4) is 0 Å². The minimum Gasteiger partial charge on any atom is -0.434 e. The average molecular weight is 428 g/mol. The topological polar surface area (TPSA) is 131 Å². The van der Waals surface area contributed by atoms with Crippen LogP contribution >= 0.6 is 0 Å². The summed E-state index contributed by atoms with van der Waals surface area (Å²) in [6, 6.07) is 8.95. The molecule has 1 saturated heterocycles. The molecule has 2 amide bonds. The van der Waals surface area contributed by atoms with Gasteiger partial charge in [-0.3, -0.25) is 14.4 Å². The molecule has 1 aromatic heterocycles. The molecule has 0 radical (unpaired) electrons. The zero-order chi connectivity index (χ0) is 22.2. The fourth-order valence-electron chi connectivity index (χ4n) is 3.23. The van der Waals surface area contributed by atoms with Gasteiger partial charge in [0.1, 0.15) is 11.4 Å². The molecule has 10 heteroatoms. The molecule has 1 aromatic carbocycles. The van der Waals surface area contributed by atoms with E-state index in [1.807, 2.05) is 0 Å². The van der Waals surface area contributed by atoms with Crippen LogP contribution < -0.4 is 15.6 Å². The fraction of sp³-hybridized carbons (Fsp3) is 0.381. The van der Waals surface area contributed by atoms with Crippen molar-refractivity contribution in [1.82, 2.24) is 20.4 Å². The predicted octanol–water partition coefficient (Wildman–Crippen LogP) is 1.59. The molecule has 31 heavy (non-hydrogen) atoms. The smallest absolute Gasteiger partial charge is 0.434 e. The van der Waals surface area contributed by atoms with E-state index in [0.29, 0.717) is 30.9 Å². The third-order valence-corrected chi connectivity index (χ3v) is 4.93. The van der Waals surface area contributed by atoms with Crippen molar-refractivity contribution in [3.05, 3.63) is 58.0 Å². The molecule has 2 N–H and O–H groups in total. The van der Waals surface area contributed by atoms with E-state index in [1.165, 1.54) is 12.1 Å². The van der Waals surface area contributed by atoms with E-state index in [2.05, 4.69) is 15.5 Å². The highest BCUT2D eigenvalue weighted by Gasteiger charge is 2.24. The number of carbonyl (C=O) groups is 3. The molecular formula is C21H24N4O6. The molecule has 10 nitrogen and oxygen atoms in total. The average Bonchev–Trinajstić information content (AvgIpc) is 2.78. The molecule has 0 saturated carbocycles. The summed E-state index contributed by atoms with van der Waals surface area (Å²) in [6.07, 6.45) is 0.733. The number of benzene rings is 1. The van der Waals surface area contributed by atoms with Crippen molar-refractivity contribution in [2.75, 3.05) is 26.2 Å². The summed E-state index contributed by atoms with van der Waals surface area (Å²) >= 11 is 0. The van der Waals surface area contributed by atoms with Crippen LogP contribution in [0.25, 0.3) is 0 Å². The number of amides is 2. The molecule has 164 valence electrons. The van der Waals surface area contributed by atoms with Gasteiger partial charge in [0.2, 0.25) is 0 Å². The molecule has 1 aliphatic rings. The highest BCUT2D eigenvalue weighted by molar-refractivity contribution is 5.94. The Morgan fingerprint density at radius 3 is 2.45 bits per heavy atom. The first-order chi connectivity index (χ1) is 15.0. The highest BCUT2D eigenvalue weighted by atomic mass is 16.7. The second-order valence-corrected chi connectivity index (χ2v) is 7.06. The first-order valence-electron chi connectivity index (χ1n) is 10.0. The third-order valence-electron chi connectivity index (χ3n) is 4.93. The lowest BCUT2D eigenvalue weighted by atomic mass is 9.96. The lowest BCUT2D eigenvalue weighted by Crippen LogP contribution is -2.41. The van der Waals surface area contributed by atoms with E-state index in [-0.39, 0.29) is 35.6 Å². The molecule has 3 rings (SSSR count). The van der Waals surface area contributed by atoms with Crippen LogP contribution in [0.15, 0.2) is 41.2 Å². The number of hydrogen-bond acceptors (Lipinski definition) is 7. The second kappa shape index (κ2) is 10.4. The van der Waals surface area contributed by atoms with Gasteiger partial charge in [0.15, 0.2) is 0 Å². The van der Waals surface area contributed by atoms with E-state index in [9.17, 15) is 19.2 Å². The van der Waals surface area contributed by atoms with Crippen LogP contribution in [-0.4, -0.2) is 59.3 Å². The summed E-state index contributed by atoms with van der Waals surface area (Å²) in [7, 11) is 0. The van der Waals surface area contributed by atoms with Crippen LogP contribution in [0, 0.1) is 5.92 Å². The Hall–Kier alpha value is -3.69. The monoisotopic (exact) mass is 428 g/mol. The van der Waals surface area contributed by atoms with Crippen LogP contribution in [0.1, 0.15) is 40.6 Å². The van der Waals surface area contributed by atoms with Crippen LogP contribution in [0.5, 0.6) is 5.75 Å². The number of aromatic amines is 1. The van der Waals surface area contributed by atoms with Crippen LogP contribution in [0.2, 0.25) is 0 Å². The van der Waals surface area contributed by atoms with Crippen molar-refractivity contribution in [3.63, 3.8) is 0 Å². The number of nitrogens with zero attached hydrogens (tertiary/aromatic N) is 2. The van der Waals surface area contributed by atoms with Gasteiger partial charge in [-0.15, -0.1) is 0 Å². The van der Waals surface area contributed by atoms with Crippen molar-refractivity contribution in [3.8, 4) is 5.75 Å². The number of hydrogen-bond donors (Lipinski definition) is 2. The number of ether oxygens (including phenoxy) is 2. The largest absolute Gasteiger partial charge is 0.513 e. The molecule has 0 atom stereocenters. The number of rotatable bonds is 6. The Morgan fingerprint density at radius 1 is 1.13 bits per heavy atom. The normalized spacial score (nSPS) is 14.0. The molecule has 1 aliphatic heterocycles. The summed E-state index contributed by atoms with van der Waals surface area (Å²) in [4.78, 5) is 48.9.